The highest BCUT2D eigenvalue weighted by atomic mass is 15.1. The molecule has 4 nitrogen and oxygen atoms in total. The highest BCUT2D eigenvalue weighted by molar-refractivity contribution is 5.89. The Hall–Kier alpha value is -3.08. The predicted molar refractivity (Wildman–Crippen MR) is 103 cm³/mol. The summed E-state index contributed by atoms with van der Waals surface area (Å²) in [6.45, 7) is 1.95. The first-order valence-electron chi connectivity index (χ1n) is 8.12. The Labute approximate surface area is 149 Å². The number of benzene rings is 2. The van der Waals surface area contributed by atoms with Gasteiger partial charge in [0.05, 0.1) is 23.3 Å². The second-order valence-corrected chi connectivity index (χ2v) is 6.18. The van der Waals surface area contributed by atoms with Crippen LogP contribution in [0.3, 0.4) is 0 Å². The monoisotopic (exact) mass is 330 g/mol. The van der Waals surface area contributed by atoms with Crippen molar-refractivity contribution in [2.75, 3.05) is 39.1 Å². The number of allylic oxidation sites excluding steroid dienone is 1. The average Bonchev–Trinajstić information content (AvgIpc) is 2.64. The molecule has 0 amide bonds. The van der Waals surface area contributed by atoms with E-state index in [0.717, 1.165) is 29.9 Å². The first-order valence-corrected chi connectivity index (χ1v) is 8.12. The number of rotatable bonds is 6. The summed E-state index contributed by atoms with van der Waals surface area (Å²) in [6.07, 6.45) is 1.87. The van der Waals surface area contributed by atoms with Crippen LogP contribution in [0, 0.1) is 22.7 Å². The molecule has 2 aromatic carbocycles. The first-order chi connectivity index (χ1) is 12.0. The molecule has 0 bridgehead atoms. The van der Waals surface area contributed by atoms with Crippen LogP contribution in [0.1, 0.15) is 16.7 Å². The molecular formula is C21H22N4. The quantitative estimate of drug-likeness (QED) is 0.599. The fraction of sp³-hybridized carbons (Fsp3) is 0.238. The minimum atomic E-state index is 0.582. The van der Waals surface area contributed by atoms with Gasteiger partial charge in [-0.15, -0.1) is 0 Å². The van der Waals surface area contributed by atoms with E-state index in [9.17, 15) is 5.26 Å². The maximum atomic E-state index is 9.44. The SMILES string of the molecule is CN(C)CCN(C)c1ccc(C=C(C#N)c2ccc(C#N)cc2)cc1. The summed E-state index contributed by atoms with van der Waals surface area (Å²) in [7, 11) is 6.20. The van der Waals surface area contributed by atoms with Gasteiger partial charge in [0.15, 0.2) is 0 Å². The molecule has 25 heavy (non-hydrogen) atoms. The van der Waals surface area contributed by atoms with Gasteiger partial charge in [0.2, 0.25) is 0 Å². The maximum absolute atomic E-state index is 9.44. The van der Waals surface area contributed by atoms with Gasteiger partial charge in [-0.05, 0) is 55.6 Å². The van der Waals surface area contributed by atoms with Gasteiger partial charge in [0.25, 0.3) is 0 Å². The Kier molecular flexibility index (Phi) is 6.34. The molecule has 0 aliphatic carbocycles. The molecule has 0 heterocycles. The second kappa shape index (κ2) is 8.68. The Bertz CT molecular complexity index is 803. The van der Waals surface area contributed by atoms with Crippen LogP contribution in [0.5, 0.6) is 0 Å². The lowest BCUT2D eigenvalue weighted by molar-refractivity contribution is 0.416. The third kappa shape index (κ3) is 5.21. The van der Waals surface area contributed by atoms with Crippen molar-refractivity contribution >= 4 is 17.3 Å². The van der Waals surface area contributed by atoms with Crippen molar-refractivity contribution in [1.82, 2.24) is 4.90 Å². The minimum Gasteiger partial charge on any atom is -0.373 e. The van der Waals surface area contributed by atoms with E-state index in [0.29, 0.717) is 11.1 Å². The summed E-state index contributed by atoms with van der Waals surface area (Å²) < 4.78 is 0. The maximum Gasteiger partial charge on any atom is 0.0998 e. The fourth-order valence-electron chi connectivity index (χ4n) is 2.38. The summed E-state index contributed by atoms with van der Waals surface area (Å²) in [4.78, 5) is 4.36. The zero-order valence-corrected chi connectivity index (χ0v) is 14.9. The Balaban J connectivity index is 2.16. The van der Waals surface area contributed by atoms with Crippen LogP contribution >= 0.6 is 0 Å². The normalized spacial score (nSPS) is 11.0. The Morgan fingerprint density at radius 2 is 1.56 bits per heavy atom. The van der Waals surface area contributed by atoms with Crippen LogP contribution in [0.15, 0.2) is 48.5 Å². The Morgan fingerprint density at radius 3 is 2.08 bits per heavy atom. The van der Waals surface area contributed by atoms with E-state index in [2.05, 4.69) is 55.2 Å². The third-order valence-electron chi connectivity index (χ3n) is 3.97. The molecule has 0 N–H and O–H groups in total. The molecule has 4 heteroatoms. The lowest BCUT2D eigenvalue weighted by Gasteiger charge is -2.21. The molecule has 0 atom stereocenters. The first kappa shape index (κ1) is 18.3. The number of anilines is 1. The molecule has 0 radical (unpaired) electrons. The average molecular weight is 330 g/mol. The van der Waals surface area contributed by atoms with E-state index in [4.69, 9.17) is 5.26 Å². The number of nitriles is 2. The zero-order valence-electron chi connectivity index (χ0n) is 14.9. The number of hydrogen-bond donors (Lipinski definition) is 0. The summed E-state index contributed by atoms with van der Waals surface area (Å²) in [5, 5.41) is 18.3. The van der Waals surface area contributed by atoms with Crippen molar-refractivity contribution in [3.8, 4) is 12.1 Å². The van der Waals surface area contributed by atoms with Crippen molar-refractivity contribution in [3.05, 3.63) is 65.2 Å². The molecule has 0 saturated carbocycles. The van der Waals surface area contributed by atoms with Crippen LogP contribution in [-0.4, -0.2) is 39.1 Å². The van der Waals surface area contributed by atoms with Gasteiger partial charge in [0.1, 0.15) is 0 Å². The molecule has 0 unspecified atom stereocenters. The van der Waals surface area contributed by atoms with Crippen LogP contribution in [0.2, 0.25) is 0 Å². The standard InChI is InChI=1S/C21H22N4/c1-24(2)12-13-25(3)21-10-6-17(7-11-21)14-20(16-23)19-8-4-18(15-22)5-9-19/h4-11,14H,12-13H2,1-3H3. The molecule has 0 aliphatic rings. The predicted octanol–water partition coefficient (Wildman–Crippen LogP) is 3.62. The lowest BCUT2D eigenvalue weighted by Crippen LogP contribution is -2.28. The smallest absolute Gasteiger partial charge is 0.0998 e. The van der Waals surface area contributed by atoms with E-state index in [1.807, 2.05) is 18.2 Å². The number of nitrogens with zero attached hydrogens (tertiary/aromatic N) is 4. The van der Waals surface area contributed by atoms with Gasteiger partial charge in [-0.1, -0.05) is 24.3 Å². The highest BCUT2D eigenvalue weighted by Gasteiger charge is 2.04. The van der Waals surface area contributed by atoms with E-state index >= 15 is 0 Å². The van der Waals surface area contributed by atoms with Gasteiger partial charge < -0.3 is 9.80 Å². The van der Waals surface area contributed by atoms with Crippen molar-refractivity contribution in [1.29, 1.82) is 10.5 Å². The minimum absolute atomic E-state index is 0.582. The summed E-state index contributed by atoms with van der Waals surface area (Å²) >= 11 is 0. The molecule has 0 spiro atoms. The molecule has 2 rings (SSSR count). The summed E-state index contributed by atoms with van der Waals surface area (Å²) in [5.74, 6) is 0. The van der Waals surface area contributed by atoms with Crippen molar-refractivity contribution < 1.29 is 0 Å². The largest absolute Gasteiger partial charge is 0.373 e. The van der Waals surface area contributed by atoms with Gasteiger partial charge in [0, 0.05) is 25.8 Å². The van der Waals surface area contributed by atoms with Gasteiger partial charge in [-0.2, -0.15) is 10.5 Å². The van der Waals surface area contributed by atoms with Crippen LogP contribution in [-0.2, 0) is 0 Å². The number of hydrogen-bond acceptors (Lipinski definition) is 4. The van der Waals surface area contributed by atoms with Crippen LogP contribution in [0.25, 0.3) is 11.6 Å². The van der Waals surface area contributed by atoms with Crippen LogP contribution < -0.4 is 4.90 Å². The van der Waals surface area contributed by atoms with Crippen LogP contribution in [0.4, 0.5) is 5.69 Å². The lowest BCUT2D eigenvalue weighted by atomic mass is 10.0. The zero-order chi connectivity index (χ0) is 18.2. The summed E-state index contributed by atoms with van der Waals surface area (Å²) in [6, 6.07) is 19.5. The Morgan fingerprint density at radius 1 is 0.920 bits per heavy atom. The van der Waals surface area contributed by atoms with E-state index in [1.54, 1.807) is 24.3 Å². The van der Waals surface area contributed by atoms with Crippen molar-refractivity contribution in [2.45, 2.75) is 0 Å². The highest BCUT2D eigenvalue weighted by Crippen LogP contribution is 2.20. The second-order valence-electron chi connectivity index (χ2n) is 6.18. The van der Waals surface area contributed by atoms with Gasteiger partial charge >= 0.3 is 0 Å². The topological polar surface area (TPSA) is 54.1 Å². The molecule has 2 aromatic rings. The molecule has 126 valence electrons. The molecule has 0 aliphatic heterocycles. The third-order valence-corrected chi connectivity index (χ3v) is 3.97. The van der Waals surface area contributed by atoms with Crippen molar-refractivity contribution in [3.63, 3.8) is 0 Å². The van der Waals surface area contributed by atoms with Gasteiger partial charge in [-0.3, -0.25) is 0 Å². The summed E-state index contributed by atoms with van der Waals surface area (Å²) in [5.41, 5.74) is 4.11. The van der Waals surface area contributed by atoms with Gasteiger partial charge in [-0.25, -0.2) is 0 Å². The molecule has 0 fully saturated rings. The van der Waals surface area contributed by atoms with E-state index in [1.165, 1.54) is 0 Å². The number of likely N-dealkylation sites (N-methyl/N-ethyl adjacent to an activating group) is 2. The fourth-order valence-corrected chi connectivity index (χ4v) is 2.38. The van der Waals surface area contributed by atoms with Crippen molar-refractivity contribution in [2.24, 2.45) is 0 Å². The molecule has 0 saturated heterocycles. The molecule has 0 aromatic heterocycles. The van der Waals surface area contributed by atoms with E-state index in [-0.39, 0.29) is 0 Å². The van der Waals surface area contributed by atoms with E-state index < -0.39 is 0 Å². The molecular weight excluding hydrogens is 308 g/mol.